The lowest BCUT2D eigenvalue weighted by Crippen LogP contribution is -2.37. The molecule has 3 aliphatic rings. The predicted octanol–water partition coefficient (Wildman–Crippen LogP) is 3.96. The third kappa shape index (κ3) is 3.72. The monoisotopic (exact) mass is 437 g/mol. The topological polar surface area (TPSA) is 66.5 Å². The minimum Gasteiger partial charge on any atom is -0.497 e. The van der Waals surface area contributed by atoms with E-state index in [0.29, 0.717) is 36.1 Å². The molecule has 2 aromatic carbocycles. The standard InChI is InChI=1S/C25H27NO6/c1-15-9-21-19(13-26(14-31-21)12-18-5-4-8-30-18)25-23(15)24(27)22(32-25)10-16-6-7-17(28-2)11-20(16)29-3/h6-7,9-11,18H,4-5,8,12-14H2,1-3H3/b22-10-. The number of rotatable bonds is 5. The average molecular weight is 437 g/mol. The maximum absolute atomic E-state index is 13.3. The molecule has 1 unspecified atom stereocenters. The van der Waals surface area contributed by atoms with Crippen LogP contribution in [0, 0.1) is 6.92 Å². The van der Waals surface area contributed by atoms with Crippen LogP contribution in [0.4, 0.5) is 0 Å². The van der Waals surface area contributed by atoms with Crippen LogP contribution in [0.2, 0.25) is 0 Å². The maximum atomic E-state index is 13.3. The fourth-order valence-corrected chi connectivity index (χ4v) is 4.55. The normalized spacial score (nSPS) is 21.2. The zero-order valence-corrected chi connectivity index (χ0v) is 18.6. The van der Waals surface area contributed by atoms with Crippen molar-refractivity contribution < 1.29 is 28.5 Å². The van der Waals surface area contributed by atoms with Crippen LogP contribution in [0.25, 0.3) is 6.08 Å². The number of hydrogen-bond donors (Lipinski definition) is 0. The maximum Gasteiger partial charge on any atom is 0.232 e. The molecule has 7 heteroatoms. The van der Waals surface area contributed by atoms with Crippen LogP contribution in [-0.2, 0) is 11.3 Å². The van der Waals surface area contributed by atoms with Crippen LogP contribution in [0.15, 0.2) is 30.0 Å². The third-order valence-corrected chi connectivity index (χ3v) is 6.20. The summed E-state index contributed by atoms with van der Waals surface area (Å²) in [6.45, 7) is 4.71. The second-order valence-corrected chi connectivity index (χ2v) is 8.34. The molecule has 2 aromatic rings. The van der Waals surface area contributed by atoms with Crippen LogP contribution in [0.3, 0.4) is 0 Å². The first-order valence-electron chi connectivity index (χ1n) is 10.9. The molecule has 168 valence electrons. The second-order valence-electron chi connectivity index (χ2n) is 8.34. The van der Waals surface area contributed by atoms with Gasteiger partial charge < -0.3 is 23.7 Å². The van der Waals surface area contributed by atoms with Gasteiger partial charge in [-0.05, 0) is 49.6 Å². The number of fused-ring (bicyclic) bond motifs is 3. The molecule has 0 bridgehead atoms. The van der Waals surface area contributed by atoms with Crippen molar-refractivity contribution in [1.82, 2.24) is 4.90 Å². The summed E-state index contributed by atoms with van der Waals surface area (Å²) in [4.78, 5) is 15.5. The van der Waals surface area contributed by atoms with Crippen molar-refractivity contribution in [3.8, 4) is 23.0 Å². The molecule has 0 aromatic heterocycles. The lowest BCUT2D eigenvalue weighted by atomic mass is 9.98. The van der Waals surface area contributed by atoms with E-state index in [0.717, 1.165) is 48.4 Å². The largest absolute Gasteiger partial charge is 0.497 e. The Morgan fingerprint density at radius 1 is 1.22 bits per heavy atom. The van der Waals surface area contributed by atoms with E-state index < -0.39 is 0 Å². The number of nitrogens with zero attached hydrogens (tertiary/aromatic N) is 1. The molecule has 0 radical (unpaired) electrons. The molecule has 5 rings (SSSR count). The molecule has 0 aliphatic carbocycles. The fourth-order valence-electron chi connectivity index (χ4n) is 4.55. The van der Waals surface area contributed by atoms with Gasteiger partial charge >= 0.3 is 0 Å². The van der Waals surface area contributed by atoms with Gasteiger partial charge in [0.15, 0.2) is 5.76 Å². The summed E-state index contributed by atoms with van der Waals surface area (Å²) in [5.74, 6) is 2.81. The van der Waals surface area contributed by atoms with Gasteiger partial charge in [0, 0.05) is 31.3 Å². The van der Waals surface area contributed by atoms with E-state index in [1.165, 1.54) is 0 Å². The van der Waals surface area contributed by atoms with Gasteiger partial charge in [-0.2, -0.15) is 0 Å². The molecule has 32 heavy (non-hydrogen) atoms. The van der Waals surface area contributed by atoms with Crippen molar-refractivity contribution in [3.63, 3.8) is 0 Å². The van der Waals surface area contributed by atoms with Gasteiger partial charge in [0.1, 0.15) is 29.7 Å². The first-order chi connectivity index (χ1) is 15.6. The molecule has 0 amide bonds. The summed E-state index contributed by atoms with van der Waals surface area (Å²) in [7, 11) is 3.19. The van der Waals surface area contributed by atoms with E-state index >= 15 is 0 Å². The van der Waals surface area contributed by atoms with Crippen LogP contribution in [0.5, 0.6) is 23.0 Å². The van der Waals surface area contributed by atoms with Gasteiger partial charge in [0.05, 0.1) is 31.5 Å². The zero-order valence-electron chi connectivity index (χ0n) is 18.6. The van der Waals surface area contributed by atoms with E-state index in [1.54, 1.807) is 26.4 Å². The van der Waals surface area contributed by atoms with Crippen molar-refractivity contribution >= 4 is 11.9 Å². The number of aryl methyl sites for hydroxylation is 1. The number of hydrogen-bond acceptors (Lipinski definition) is 7. The van der Waals surface area contributed by atoms with Crippen molar-refractivity contribution in [2.75, 3.05) is 34.1 Å². The van der Waals surface area contributed by atoms with Crippen molar-refractivity contribution in [1.29, 1.82) is 0 Å². The number of carbonyl (C=O) groups is 1. The van der Waals surface area contributed by atoms with Gasteiger partial charge in [-0.25, -0.2) is 0 Å². The molecule has 7 nitrogen and oxygen atoms in total. The predicted molar refractivity (Wildman–Crippen MR) is 119 cm³/mol. The number of allylic oxidation sites excluding steroid dienone is 1. The highest BCUT2D eigenvalue weighted by Crippen LogP contribution is 2.44. The smallest absolute Gasteiger partial charge is 0.232 e. The highest BCUT2D eigenvalue weighted by molar-refractivity contribution is 6.16. The number of carbonyl (C=O) groups excluding carboxylic acids is 1. The lowest BCUT2D eigenvalue weighted by Gasteiger charge is -2.31. The van der Waals surface area contributed by atoms with Gasteiger partial charge in [-0.3, -0.25) is 9.69 Å². The molecule has 0 spiro atoms. The molecule has 3 aliphatic heterocycles. The number of methoxy groups -OCH3 is 2. The number of ketones is 1. The molecule has 3 heterocycles. The minimum atomic E-state index is -0.130. The molecular weight excluding hydrogens is 410 g/mol. The average Bonchev–Trinajstić information content (AvgIpc) is 3.43. The molecule has 1 fully saturated rings. The highest BCUT2D eigenvalue weighted by Gasteiger charge is 2.36. The third-order valence-electron chi connectivity index (χ3n) is 6.20. The van der Waals surface area contributed by atoms with E-state index in [-0.39, 0.29) is 17.6 Å². The van der Waals surface area contributed by atoms with Crippen LogP contribution in [0.1, 0.15) is 39.9 Å². The Balaban J connectivity index is 1.46. The molecule has 1 atom stereocenters. The first kappa shape index (κ1) is 20.8. The van der Waals surface area contributed by atoms with Gasteiger partial charge in [-0.15, -0.1) is 0 Å². The molecule has 1 saturated heterocycles. The summed E-state index contributed by atoms with van der Waals surface area (Å²) < 4.78 is 28.7. The van der Waals surface area contributed by atoms with E-state index in [9.17, 15) is 4.79 Å². The lowest BCUT2D eigenvalue weighted by molar-refractivity contribution is 0.0273. The number of ether oxygens (including phenoxy) is 5. The minimum absolute atomic E-state index is 0.130. The summed E-state index contributed by atoms with van der Waals surface area (Å²) in [5.41, 5.74) is 3.10. The van der Waals surface area contributed by atoms with Crippen LogP contribution < -0.4 is 18.9 Å². The van der Waals surface area contributed by atoms with Crippen molar-refractivity contribution in [3.05, 3.63) is 52.3 Å². The van der Waals surface area contributed by atoms with E-state index in [1.807, 2.05) is 25.1 Å². The summed E-state index contributed by atoms with van der Waals surface area (Å²) in [6.07, 6.45) is 4.13. The van der Waals surface area contributed by atoms with Crippen LogP contribution in [-0.4, -0.2) is 50.9 Å². The van der Waals surface area contributed by atoms with E-state index in [2.05, 4.69) is 4.90 Å². The Hall–Kier alpha value is -3.03. The van der Waals surface area contributed by atoms with Crippen LogP contribution >= 0.6 is 0 Å². The van der Waals surface area contributed by atoms with Gasteiger partial charge in [0.25, 0.3) is 0 Å². The van der Waals surface area contributed by atoms with Gasteiger partial charge in [0.2, 0.25) is 5.78 Å². The van der Waals surface area contributed by atoms with Crippen molar-refractivity contribution in [2.24, 2.45) is 0 Å². The Labute approximate surface area is 187 Å². The summed E-state index contributed by atoms with van der Waals surface area (Å²) in [5, 5.41) is 0. The molecule has 0 N–H and O–H groups in total. The Morgan fingerprint density at radius 2 is 2.09 bits per heavy atom. The van der Waals surface area contributed by atoms with Gasteiger partial charge in [-0.1, -0.05) is 0 Å². The fraction of sp³-hybridized carbons (Fsp3) is 0.400. The summed E-state index contributed by atoms with van der Waals surface area (Å²) >= 11 is 0. The molecule has 0 saturated carbocycles. The molecular formula is C25H27NO6. The van der Waals surface area contributed by atoms with E-state index in [4.69, 9.17) is 23.7 Å². The Bertz CT molecular complexity index is 1090. The number of Topliss-reactive ketones (excluding diaryl/α,β-unsaturated/α-hetero) is 1. The number of benzene rings is 2. The quantitative estimate of drug-likeness (QED) is 0.656. The highest BCUT2D eigenvalue weighted by atomic mass is 16.5. The summed E-state index contributed by atoms with van der Waals surface area (Å²) in [6, 6.07) is 7.39. The Morgan fingerprint density at radius 3 is 2.84 bits per heavy atom. The second kappa shape index (κ2) is 8.48. The first-order valence-corrected chi connectivity index (χ1v) is 10.9. The Kier molecular flexibility index (Phi) is 5.53. The van der Waals surface area contributed by atoms with Crippen molar-refractivity contribution in [2.45, 2.75) is 32.4 Å². The SMILES string of the molecule is COc1ccc(/C=C2\Oc3c4c(cc(C)c3C2=O)OCN(CC2CCCO2)C4)c(OC)c1. The zero-order chi connectivity index (χ0) is 22.2.